The van der Waals surface area contributed by atoms with Gasteiger partial charge in [0.15, 0.2) is 0 Å². The lowest BCUT2D eigenvalue weighted by molar-refractivity contribution is -0.139. The van der Waals surface area contributed by atoms with Gasteiger partial charge in [-0.3, -0.25) is 9.69 Å². The third kappa shape index (κ3) is 4.94. The Kier molecular flexibility index (Phi) is 6.41. The average molecular weight is 339 g/mol. The Morgan fingerprint density at radius 3 is 2.70 bits per heavy atom. The third-order valence-electron chi connectivity index (χ3n) is 4.31. The molecule has 1 aromatic rings. The Hall–Kier alpha value is -1.60. The second kappa shape index (κ2) is 8.31. The van der Waals surface area contributed by atoms with Crippen molar-refractivity contribution in [2.24, 2.45) is 0 Å². The van der Waals surface area contributed by atoms with Gasteiger partial charge in [-0.15, -0.1) is 11.3 Å². The maximum absolute atomic E-state index is 12.1. The minimum Gasteiger partial charge on any atom is -0.480 e. The number of aliphatic carboxylic acids is 1. The lowest BCUT2D eigenvalue weighted by Crippen LogP contribution is -2.56. The highest BCUT2D eigenvalue weighted by Gasteiger charge is 2.34. The zero-order chi connectivity index (χ0) is 16.8. The number of urea groups is 1. The number of carboxylic acid groups (broad SMARTS) is 1. The van der Waals surface area contributed by atoms with Crippen LogP contribution in [0.3, 0.4) is 0 Å². The van der Waals surface area contributed by atoms with E-state index in [-0.39, 0.29) is 30.7 Å². The normalized spacial score (nSPS) is 21.5. The number of nitrogens with one attached hydrogen (secondary N) is 2. The molecular weight excluding hydrogens is 314 g/mol. The summed E-state index contributed by atoms with van der Waals surface area (Å²) in [6.07, 6.45) is 2.47. The van der Waals surface area contributed by atoms with E-state index in [9.17, 15) is 9.59 Å². The second-order valence-corrected chi connectivity index (χ2v) is 6.85. The molecule has 0 aromatic carbocycles. The lowest BCUT2D eigenvalue weighted by atomic mass is 9.85. The summed E-state index contributed by atoms with van der Waals surface area (Å²) in [5.74, 6) is -0.803. The molecule has 1 fully saturated rings. The molecule has 0 saturated heterocycles. The van der Waals surface area contributed by atoms with Gasteiger partial charge in [0, 0.05) is 17.0 Å². The fourth-order valence-corrected chi connectivity index (χ4v) is 3.79. The second-order valence-electron chi connectivity index (χ2n) is 5.87. The Labute approximate surface area is 140 Å². The van der Waals surface area contributed by atoms with Crippen LogP contribution in [-0.4, -0.2) is 47.2 Å². The van der Waals surface area contributed by atoms with Crippen molar-refractivity contribution in [3.63, 3.8) is 0 Å². The van der Waals surface area contributed by atoms with Gasteiger partial charge < -0.3 is 15.7 Å². The first-order valence-corrected chi connectivity index (χ1v) is 8.97. The smallest absolute Gasteiger partial charge is 0.317 e. The number of carbonyl (C=O) groups is 2. The van der Waals surface area contributed by atoms with Gasteiger partial charge in [0.05, 0.1) is 12.6 Å². The fraction of sp³-hybridized carbons (Fsp3) is 0.625. The van der Waals surface area contributed by atoms with E-state index in [1.807, 2.05) is 29.3 Å². The Morgan fingerprint density at radius 1 is 1.43 bits per heavy atom. The molecule has 6 nitrogen and oxygen atoms in total. The van der Waals surface area contributed by atoms with Crippen LogP contribution in [0, 0.1) is 0 Å². The molecule has 128 valence electrons. The van der Waals surface area contributed by atoms with Crippen LogP contribution in [0.5, 0.6) is 0 Å². The van der Waals surface area contributed by atoms with E-state index in [4.69, 9.17) is 5.11 Å². The molecule has 3 N–H and O–H groups in total. The lowest BCUT2D eigenvalue weighted by Gasteiger charge is -2.42. The summed E-state index contributed by atoms with van der Waals surface area (Å²) in [5, 5.41) is 16.9. The molecule has 0 aliphatic heterocycles. The van der Waals surface area contributed by atoms with E-state index in [2.05, 4.69) is 17.6 Å². The number of thiophene rings is 1. The van der Waals surface area contributed by atoms with Crippen LogP contribution in [0.25, 0.3) is 0 Å². The Bertz CT molecular complexity index is 515. The first-order chi connectivity index (χ1) is 11.0. The van der Waals surface area contributed by atoms with Crippen LogP contribution in [0.4, 0.5) is 4.79 Å². The summed E-state index contributed by atoms with van der Waals surface area (Å²) >= 11 is 1.64. The molecule has 1 saturated carbocycles. The van der Waals surface area contributed by atoms with Crippen LogP contribution < -0.4 is 10.6 Å². The highest BCUT2D eigenvalue weighted by molar-refractivity contribution is 7.10. The van der Waals surface area contributed by atoms with Crippen molar-refractivity contribution in [3.05, 3.63) is 22.4 Å². The van der Waals surface area contributed by atoms with E-state index >= 15 is 0 Å². The van der Waals surface area contributed by atoms with Gasteiger partial charge in [0.25, 0.3) is 0 Å². The molecule has 1 heterocycles. The van der Waals surface area contributed by atoms with Gasteiger partial charge >= 0.3 is 12.0 Å². The number of amides is 2. The van der Waals surface area contributed by atoms with E-state index < -0.39 is 5.97 Å². The molecule has 1 aliphatic rings. The molecule has 1 atom stereocenters. The van der Waals surface area contributed by atoms with Crippen LogP contribution in [0.1, 0.15) is 44.0 Å². The van der Waals surface area contributed by atoms with Crippen molar-refractivity contribution >= 4 is 23.3 Å². The van der Waals surface area contributed by atoms with Gasteiger partial charge in [0.1, 0.15) is 0 Å². The molecule has 2 amide bonds. The fourth-order valence-electron chi connectivity index (χ4n) is 2.93. The zero-order valence-electron chi connectivity index (χ0n) is 13.6. The quantitative estimate of drug-likeness (QED) is 0.679. The Morgan fingerprint density at radius 2 is 2.17 bits per heavy atom. The van der Waals surface area contributed by atoms with Crippen molar-refractivity contribution in [3.8, 4) is 0 Å². The van der Waals surface area contributed by atoms with Crippen molar-refractivity contribution in [1.29, 1.82) is 0 Å². The maximum Gasteiger partial charge on any atom is 0.317 e. The van der Waals surface area contributed by atoms with Gasteiger partial charge in [-0.05, 0) is 37.3 Å². The van der Waals surface area contributed by atoms with Gasteiger partial charge in [-0.25, -0.2) is 4.79 Å². The highest BCUT2D eigenvalue weighted by atomic mass is 32.1. The average Bonchev–Trinajstić information content (AvgIpc) is 2.99. The first kappa shape index (κ1) is 17.7. The number of carbonyl (C=O) groups excluding carboxylic acids is 1. The monoisotopic (exact) mass is 339 g/mol. The maximum atomic E-state index is 12.1. The number of likely N-dealkylation sites (N-methyl/N-ethyl adjacent to an activating group) is 1. The molecule has 0 radical (unpaired) electrons. The van der Waals surface area contributed by atoms with Crippen LogP contribution in [0.2, 0.25) is 0 Å². The molecule has 1 unspecified atom stereocenters. The SMILES string of the molecule is CCC(NC(=O)NC1CC(N(CC)CC(=O)O)C1)c1cccs1. The molecule has 7 heteroatoms. The van der Waals surface area contributed by atoms with E-state index in [1.54, 1.807) is 11.3 Å². The summed E-state index contributed by atoms with van der Waals surface area (Å²) < 4.78 is 0. The summed E-state index contributed by atoms with van der Waals surface area (Å²) in [6, 6.07) is 4.30. The third-order valence-corrected chi connectivity index (χ3v) is 5.30. The van der Waals surface area contributed by atoms with Crippen LogP contribution in [0.15, 0.2) is 17.5 Å². The van der Waals surface area contributed by atoms with Gasteiger partial charge in [-0.1, -0.05) is 19.9 Å². The zero-order valence-corrected chi connectivity index (χ0v) is 14.4. The Balaban J connectivity index is 1.74. The minimum atomic E-state index is -0.803. The van der Waals surface area contributed by atoms with E-state index in [0.717, 1.165) is 24.1 Å². The number of carboxylic acids is 1. The molecule has 2 rings (SSSR count). The first-order valence-electron chi connectivity index (χ1n) is 8.09. The number of nitrogens with zero attached hydrogens (tertiary/aromatic N) is 1. The van der Waals surface area contributed by atoms with Crippen LogP contribution >= 0.6 is 11.3 Å². The molecule has 1 aliphatic carbocycles. The van der Waals surface area contributed by atoms with Crippen molar-refractivity contribution in [2.45, 2.75) is 51.2 Å². The van der Waals surface area contributed by atoms with Crippen molar-refractivity contribution in [2.75, 3.05) is 13.1 Å². The van der Waals surface area contributed by atoms with Crippen molar-refractivity contribution < 1.29 is 14.7 Å². The van der Waals surface area contributed by atoms with E-state index in [1.165, 1.54) is 0 Å². The largest absolute Gasteiger partial charge is 0.480 e. The van der Waals surface area contributed by atoms with Gasteiger partial charge in [0.2, 0.25) is 0 Å². The number of hydrogen-bond acceptors (Lipinski definition) is 4. The molecule has 1 aromatic heterocycles. The topological polar surface area (TPSA) is 81.7 Å². The molecule has 0 bridgehead atoms. The summed E-state index contributed by atoms with van der Waals surface area (Å²) in [6.45, 7) is 4.79. The summed E-state index contributed by atoms with van der Waals surface area (Å²) in [4.78, 5) is 26.0. The van der Waals surface area contributed by atoms with Gasteiger partial charge in [-0.2, -0.15) is 0 Å². The predicted molar refractivity (Wildman–Crippen MR) is 90.7 cm³/mol. The van der Waals surface area contributed by atoms with E-state index in [0.29, 0.717) is 6.54 Å². The summed E-state index contributed by atoms with van der Waals surface area (Å²) in [5.41, 5.74) is 0. The van der Waals surface area contributed by atoms with Crippen molar-refractivity contribution in [1.82, 2.24) is 15.5 Å². The standard InChI is InChI=1S/C16H25N3O3S/c1-3-13(14-6-5-7-23-14)18-16(22)17-11-8-12(9-11)19(4-2)10-15(20)21/h5-7,11-13H,3-4,8-10H2,1-2H3,(H,20,21)(H2,17,18,22). The number of hydrogen-bond donors (Lipinski definition) is 3. The highest BCUT2D eigenvalue weighted by Crippen LogP contribution is 2.26. The summed E-state index contributed by atoms with van der Waals surface area (Å²) in [7, 11) is 0. The molecule has 0 spiro atoms. The molecule has 23 heavy (non-hydrogen) atoms. The van der Waals surface area contributed by atoms with Crippen LogP contribution in [-0.2, 0) is 4.79 Å². The number of rotatable bonds is 8. The predicted octanol–water partition coefficient (Wildman–Crippen LogP) is 2.44. The minimum absolute atomic E-state index is 0.0463. The molecular formula is C16H25N3O3S.